The van der Waals surface area contributed by atoms with Crippen LogP contribution in [0.4, 0.5) is 8.78 Å². The van der Waals surface area contributed by atoms with Crippen LogP contribution in [0.25, 0.3) is 5.65 Å². The number of halogens is 2. The van der Waals surface area contributed by atoms with Crippen molar-refractivity contribution in [2.75, 3.05) is 0 Å². The highest BCUT2D eigenvalue weighted by atomic mass is 19.3. The van der Waals surface area contributed by atoms with E-state index in [0.717, 1.165) is 12.8 Å². The van der Waals surface area contributed by atoms with Crippen molar-refractivity contribution >= 4 is 17.5 Å². The molecule has 2 amide bonds. The quantitative estimate of drug-likeness (QED) is 0.322. The van der Waals surface area contributed by atoms with Crippen LogP contribution >= 0.6 is 0 Å². The zero-order valence-electron chi connectivity index (χ0n) is 24.8. The van der Waals surface area contributed by atoms with E-state index < -0.39 is 23.4 Å². The average Bonchev–Trinajstić information content (AvgIpc) is 3.78. The van der Waals surface area contributed by atoms with Crippen molar-refractivity contribution in [2.24, 2.45) is 16.7 Å². The van der Waals surface area contributed by atoms with Gasteiger partial charge in [0.2, 0.25) is 11.8 Å². The minimum absolute atomic E-state index is 0.0353. The topological polar surface area (TPSA) is 130 Å². The van der Waals surface area contributed by atoms with Crippen LogP contribution in [-0.4, -0.2) is 42.1 Å². The zero-order valence-corrected chi connectivity index (χ0v) is 24.8. The second kappa shape index (κ2) is 10.7. The van der Waals surface area contributed by atoms with Gasteiger partial charge in [-0.25, -0.2) is 18.3 Å². The number of aromatic nitrogens is 5. The molecule has 10 nitrogen and oxygen atoms in total. The molecule has 0 spiro atoms. The Morgan fingerprint density at radius 2 is 1.84 bits per heavy atom. The van der Waals surface area contributed by atoms with Crippen LogP contribution in [0.5, 0.6) is 0 Å². The molecule has 0 aromatic carbocycles. The first-order chi connectivity index (χ1) is 20.4. The van der Waals surface area contributed by atoms with Crippen molar-refractivity contribution in [1.82, 2.24) is 35.0 Å². The van der Waals surface area contributed by atoms with Crippen LogP contribution in [0.1, 0.15) is 118 Å². The Bertz CT molecular complexity index is 1570. The molecular formula is C31H38F2N8O2. The highest BCUT2D eigenvalue weighted by Gasteiger charge is 2.52. The number of hydrogen-bond donors (Lipinski definition) is 2. The second-order valence-electron chi connectivity index (χ2n) is 13.4. The van der Waals surface area contributed by atoms with Gasteiger partial charge in [-0.3, -0.25) is 14.3 Å². The van der Waals surface area contributed by atoms with Gasteiger partial charge in [-0.1, -0.05) is 6.92 Å². The molecule has 2 atom stereocenters. The van der Waals surface area contributed by atoms with Crippen molar-refractivity contribution in [3.05, 3.63) is 47.7 Å². The number of nitrogens with one attached hydrogen (secondary N) is 2. The Kier molecular flexibility index (Phi) is 7.26. The molecule has 228 valence electrons. The molecule has 0 unspecified atom stereocenters. The third-order valence-electron chi connectivity index (χ3n) is 9.48. The summed E-state index contributed by atoms with van der Waals surface area (Å²) in [6.45, 7) is 5.95. The molecule has 3 aliphatic rings. The van der Waals surface area contributed by atoms with Gasteiger partial charge in [-0.15, -0.1) is 0 Å². The predicted octanol–water partition coefficient (Wildman–Crippen LogP) is 5.45. The highest BCUT2D eigenvalue weighted by molar-refractivity contribution is 5.92. The number of alkyl halides is 2. The maximum Gasteiger partial charge on any atom is 0.270 e. The number of hydrogen-bond acceptors (Lipinski definition) is 6. The van der Waals surface area contributed by atoms with Gasteiger partial charge in [0.1, 0.15) is 5.69 Å². The van der Waals surface area contributed by atoms with E-state index in [9.17, 15) is 23.6 Å². The number of rotatable bonds is 10. The fourth-order valence-electron chi connectivity index (χ4n) is 6.30. The van der Waals surface area contributed by atoms with Crippen LogP contribution in [0.2, 0.25) is 0 Å². The molecule has 43 heavy (non-hydrogen) atoms. The van der Waals surface area contributed by atoms with E-state index in [2.05, 4.69) is 33.8 Å². The molecule has 12 heteroatoms. The predicted molar refractivity (Wildman–Crippen MR) is 153 cm³/mol. The van der Waals surface area contributed by atoms with Gasteiger partial charge in [-0.05, 0) is 81.4 Å². The minimum atomic E-state index is -2.72. The molecule has 0 radical (unpaired) electrons. The molecule has 3 heterocycles. The van der Waals surface area contributed by atoms with Crippen molar-refractivity contribution < 1.29 is 18.4 Å². The smallest absolute Gasteiger partial charge is 0.270 e. The van der Waals surface area contributed by atoms with Crippen LogP contribution in [-0.2, 0) is 4.79 Å². The number of nitrogens with zero attached hydrogens (tertiary/aromatic N) is 6. The molecule has 0 aliphatic heterocycles. The van der Waals surface area contributed by atoms with E-state index in [-0.39, 0.29) is 54.9 Å². The number of fused-ring (bicyclic) bond motifs is 1. The monoisotopic (exact) mass is 592 g/mol. The first kappa shape index (κ1) is 29.2. The molecule has 0 bridgehead atoms. The first-order valence-electron chi connectivity index (χ1n) is 15.2. The van der Waals surface area contributed by atoms with E-state index in [0.29, 0.717) is 41.9 Å². The SMILES string of the molecule is CC(C)n1nccc1C(=O)N[C@H](c1cn2ncc([C@@H](NC(=O)CC3(C)CC3)C3(C#N)CC3)cc2n1)C1CCC(F)(F)CC1. The van der Waals surface area contributed by atoms with E-state index >= 15 is 0 Å². The largest absolute Gasteiger partial charge is 0.348 e. The van der Waals surface area contributed by atoms with E-state index in [1.54, 1.807) is 33.9 Å². The van der Waals surface area contributed by atoms with Gasteiger partial charge in [0.25, 0.3) is 5.91 Å². The third kappa shape index (κ3) is 5.99. The standard InChI is InChI=1S/C31H38F2N8O2/c1-19(2)41-23(6-13-35-41)28(43)39-26(20-4-7-31(32,33)8-5-20)22-17-40-24(37-22)14-21(16-36-40)27(30(18-34)11-12-30)38-25(42)15-29(3)9-10-29/h6,13-14,16-17,19-20,26-27H,4-5,7-12,15H2,1-3H3,(H,38,42)(H,39,43)/t26-,27+/m0/s1. The average molecular weight is 593 g/mol. The third-order valence-corrected chi connectivity index (χ3v) is 9.48. The Hall–Kier alpha value is -3.88. The molecule has 6 rings (SSSR count). The summed E-state index contributed by atoms with van der Waals surface area (Å²) in [7, 11) is 0. The number of imidazole rings is 1. The normalized spacial score (nSPS) is 21.6. The van der Waals surface area contributed by atoms with E-state index in [1.165, 1.54) is 0 Å². The maximum absolute atomic E-state index is 14.1. The van der Waals surface area contributed by atoms with E-state index in [4.69, 9.17) is 4.98 Å². The molecule has 3 aliphatic carbocycles. The summed E-state index contributed by atoms with van der Waals surface area (Å²) in [5.41, 5.74) is 1.44. The molecule has 3 aromatic heterocycles. The number of amides is 2. The summed E-state index contributed by atoms with van der Waals surface area (Å²) in [5, 5.41) is 25.0. The highest BCUT2D eigenvalue weighted by Crippen LogP contribution is 2.55. The van der Waals surface area contributed by atoms with Crippen molar-refractivity contribution in [3.63, 3.8) is 0 Å². The molecule has 3 aromatic rings. The fraction of sp³-hybridized carbons (Fsp3) is 0.613. The minimum Gasteiger partial charge on any atom is -0.348 e. The van der Waals surface area contributed by atoms with Gasteiger partial charge >= 0.3 is 0 Å². The van der Waals surface area contributed by atoms with Crippen LogP contribution < -0.4 is 10.6 Å². The van der Waals surface area contributed by atoms with Gasteiger partial charge in [0.05, 0.1) is 41.7 Å². The summed E-state index contributed by atoms with van der Waals surface area (Å²) >= 11 is 0. The van der Waals surface area contributed by atoms with Crippen LogP contribution in [0, 0.1) is 28.1 Å². The summed E-state index contributed by atoms with van der Waals surface area (Å²) in [5.74, 6) is -3.39. The van der Waals surface area contributed by atoms with Crippen LogP contribution in [0.3, 0.4) is 0 Å². The van der Waals surface area contributed by atoms with Gasteiger partial charge in [-0.2, -0.15) is 15.5 Å². The Morgan fingerprint density at radius 1 is 1.12 bits per heavy atom. The summed E-state index contributed by atoms with van der Waals surface area (Å²) in [6, 6.07) is 4.70. The Balaban J connectivity index is 1.30. The molecule has 3 saturated carbocycles. The maximum atomic E-state index is 14.1. The Morgan fingerprint density at radius 3 is 2.47 bits per heavy atom. The van der Waals surface area contributed by atoms with Crippen molar-refractivity contribution in [1.29, 1.82) is 5.26 Å². The van der Waals surface area contributed by atoms with E-state index in [1.807, 2.05) is 19.9 Å². The molecule has 3 fully saturated rings. The zero-order chi connectivity index (χ0) is 30.6. The lowest BCUT2D eigenvalue weighted by molar-refractivity contribution is -0.123. The number of carbonyl (C=O) groups is 2. The lowest BCUT2D eigenvalue weighted by Crippen LogP contribution is -2.38. The van der Waals surface area contributed by atoms with Crippen molar-refractivity contribution in [3.8, 4) is 6.07 Å². The number of nitriles is 1. The van der Waals surface area contributed by atoms with Gasteiger partial charge < -0.3 is 10.6 Å². The lowest BCUT2D eigenvalue weighted by atomic mass is 9.81. The lowest BCUT2D eigenvalue weighted by Gasteiger charge is -2.33. The Labute approximate surface area is 249 Å². The molecular weight excluding hydrogens is 554 g/mol. The van der Waals surface area contributed by atoms with Crippen molar-refractivity contribution in [2.45, 2.75) is 103 Å². The summed E-state index contributed by atoms with van der Waals surface area (Å²) in [4.78, 5) is 31.2. The van der Waals surface area contributed by atoms with Crippen LogP contribution in [0.15, 0.2) is 30.7 Å². The second-order valence-corrected chi connectivity index (χ2v) is 13.4. The first-order valence-corrected chi connectivity index (χ1v) is 15.2. The number of carbonyl (C=O) groups excluding carboxylic acids is 2. The van der Waals surface area contributed by atoms with Gasteiger partial charge in [0, 0.05) is 31.5 Å². The summed E-state index contributed by atoms with van der Waals surface area (Å²) in [6.07, 6.45) is 8.75. The van der Waals surface area contributed by atoms with Gasteiger partial charge in [0.15, 0.2) is 5.65 Å². The molecule has 2 N–H and O–H groups in total. The molecule has 0 saturated heterocycles. The summed E-state index contributed by atoms with van der Waals surface area (Å²) < 4.78 is 31.4. The fourth-order valence-corrected chi connectivity index (χ4v) is 6.30.